The molecule has 3 aliphatic carbocycles. The first-order valence-corrected chi connectivity index (χ1v) is 8.89. The summed E-state index contributed by atoms with van der Waals surface area (Å²) in [6, 6.07) is 2.24. The van der Waals surface area contributed by atoms with Crippen LogP contribution >= 0.6 is 0 Å². The van der Waals surface area contributed by atoms with E-state index < -0.39 is 0 Å². The molecule has 2 heteroatoms. The van der Waals surface area contributed by atoms with Gasteiger partial charge in [0.15, 0.2) is 0 Å². The summed E-state index contributed by atoms with van der Waals surface area (Å²) in [6.07, 6.45) is 19.2. The van der Waals surface area contributed by atoms with Gasteiger partial charge in [-0.3, -0.25) is 0 Å². The van der Waals surface area contributed by atoms with Gasteiger partial charge < -0.3 is 5.11 Å². The van der Waals surface area contributed by atoms with Crippen LogP contribution in [0.5, 0.6) is 0 Å². The van der Waals surface area contributed by atoms with Crippen molar-refractivity contribution in [2.45, 2.75) is 45.4 Å². The summed E-state index contributed by atoms with van der Waals surface area (Å²) in [6.45, 7) is 2.17. The third kappa shape index (κ3) is 2.77. The largest absolute Gasteiger partial charge is 0.506 e. The standard InChI is InChI=1S/C22H23NO/c1-15-10-12-17(13-11-15)20-14-19(16-6-3-2-4-7-16)18-8-5-9-21(24)22(18)23-20/h3,6-7,9-10,12,14,24H,2,4-5,8,11,13H2,1H3. The highest BCUT2D eigenvalue weighted by Gasteiger charge is 2.21. The van der Waals surface area contributed by atoms with Gasteiger partial charge in [0, 0.05) is 0 Å². The van der Waals surface area contributed by atoms with Crippen molar-refractivity contribution in [3.8, 4) is 0 Å². The first kappa shape index (κ1) is 15.2. The Labute approximate surface area is 143 Å². The number of nitrogens with zero attached hydrogens (tertiary/aromatic N) is 1. The first-order valence-electron chi connectivity index (χ1n) is 8.89. The average Bonchev–Trinajstić information content (AvgIpc) is 2.63. The Balaban J connectivity index is 1.88. The lowest BCUT2D eigenvalue weighted by molar-refractivity contribution is 0.501. The summed E-state index contributed by atoms with van der Waals surface area (Å²) in [5.41, 5.74) is 8.19. The Kier molecular flexibility index (Phi) is 3.97. The van der Waals surface area contributed by atoms with E-state index in [4.69, 9.17) is 4.98 Å². The van der Waals surface area contributed by atoms with E-state index in [1.807, 2.05) is 6.08 Å². The molecule has 4 rings (SSSR count). The Hall–Kier alpha value is -2.35. The summed E-state index contributed by atoms with van der Waals surface area (Å²) in [7, 11) is 0. The van der Waals surface area contributed by atoms with Crippen LogP contribution in [0.25, 0.3) is 16.9 Å². The molecular weight excluding hydrogens is 294 g/mol. The molecule has 122 valence electrons. The second kappa shape index (κ2) is 6.27. The Morgan fingerprint density at radius 2 is 1.92 bits per heavy atom. The summed E-state index contributed by atoms with van der Waals surface area (Å²) in [4.78, 5) is 4.83. The minimum Gasteiger partial charge on any atom is -0.506 e. The number of aromatic nitrogens is 1. The molecule has 0 saturated heterocycles. The molecule has 0 unspecified atom stereocenters. The van der Waals surface area contributed by atoms with Crippen LogP contribution in [-0.4, -0.2) is 10.1 Å². The van der Waals surface area contributed by atoms with Crippen LogP contribution in [0.15, 0.2) is 48.1 Å². The molecule has 3 aliphatic rings. The van der Waals surface area contributed by atoms with Crippen LogP contribution in [0.4, 0.5) is 0 Å². The third-order valence-electron chi connectivity index (χ3n) is 5.09. The summed E-state index contributed by atoms with van der Waals surface area (Å²) in [5, 5.41) is 10.4. The van der Waals surface area contributed by atoms with E-state index >= 15 is 0 Å². The van der Waals surface area contributed by atoms with E-state index in [-0.39, 0.29) is 0 Å². The quantitative estimate of drug-likeness (QED) is 0.749. The molecule has 2 nitrogen and oxygen atoms in total. The van der Waals surface area contributed by atoms with E-state index in [1.165, 1.54) is 27.8 Å². The summed E-state index contributed by atoms with van der Waals surface area (Å²) >= 11 is 0. The molecule has 0 spiro atoms. The summed E-state index contributed by atoms with van der Waals surface area (Å²) < 4.78 is 0. The van der Waals surface area contributed by atoms with Gasteiger partial charge in [-0.1, -0.05) is 36.0 Å². The van der Waals surface area contributed by atoms with Gasteiger partial charge in [0.2, 0.25) is 0 Å². The fraction of sp³-hybridized carbons (Fsp3) is 0.318. The SMILES string of the molecule is CC1=CC=C(c2cc(C3=CCCC=C3)c3c(n2)C(O)=CCC3)CC1. The minimum absolute atomic E-state index is 0.336. The van der Waals surface area contributed by atoms with Crippen molar-refractivity contribution in [3.05, 3.63) is 70.6 Å². The molecule has 0 fully saturated rings. The molecular formula is C22H23NO. The van der Waals surface area contributed by atoms with E-state index in [2.05, 4.69) is 43.4 Å². The lowest BCUT2D eigenvalue weighted by Crippen LogP contribution is -2.09. The normalized spacial score (nSPS) is 19.9. The number of fused-ring (bicyclic) bond motifs is 1. The Morgan fingerprint density at radius 3 is 2.67 bits per heavy atom. The van der Waals surface area contributed by atoms with Gasteiger partial charge >= 0.3 is 0 Å². The molecule has 0 radical (unpaired) electrons. The van der Waals surface area contributed by atoms with Gasteiger partial charge in [0.1, 0.15) is 11.5 Å². The van der Waals surface area contributed by atoms with Crippen LogP contribution in [0.2, 0.25) is 0 Å². The van der Waals surface area contributed by atoms with Crippen LogP contribution in [0.3, 0.4) is 0 Å². The maximum absolute atomic E-state index is 10.4. The van der Waals surface area contributed by atoms with Crippen molar-refractivity contribution in [3.63, 3.8) is 0 Å². The zero-order valence-corrected chi connectivity index (χ0v) is 14.2. The minimum atomic E-state index is 0.336. The predicted octanol–water partition coefficient (Wildman–Crippen LogP) is 5.78. The zero-order valence-electron chi connectivity index (χ0n) is 14.2. The Morgan fingerprint density at radius 1 is 1.00 bits per heavy atom. The lowest BCUT2D eigenvalue weighted by Gasteiger charge is -2.22. The van der Waals surface area contributed by atoms with Crippen molar-refractivity contribution in [2.75, 3.05) is 0 Å². The van der Waals surface area contributed by atoms with Gasteiger partial charge in [-0.2, -0.15) is 0 Å². The molecule has 1 N–H and O–H groups in total. The lowest BCUT2D eigenvalue weighted by atomic mass is 9.87. The van der Waals surface area contributed by atoms with E-state index in [9.17, 15) is 5.11 Å². The molecule has 0 aromatic carbocycles. The second-order valence-electron chi connectivity index (χ2n) is 6.85. The number of hydrogen-bond donors (Lipinski definition) is 1. The second-order valence-corrected chi connectivity index (χ2v) is 6.85. The van der Waals surface area contributed by atoms with Crippen molar-refractivity contribution < 1.29 is 5.11 Å². The number of pyridine rings is 1. The maximum atomic E-state index is 10.4. The van der Waals surface area contributed by atoms with Gasteiger partial charge in [0.05, 0.1) is 5.69 Å². The average molecular weight is 317 g/mol. The predicted molar refractivity (Wildman–Crippen MR) is 100 cm³/mol. The van der Waals surface area contributed by atoms with Crippen molar-refractivity contribution in [1.82, 2.24) is 4.98 Å². The fourth-order valence-electron chi connectivity index (χ4n) is 3.68. The highest BCUT2D eigenvalue weighted by Crippen LogP contribution is 2.35. The molecule has 0 saturated carbocycles. The number of allylic oxidation sites excluding steroid dienone is 9. The molecule has 0 atom stereocenters. The van der Waals surface area contributed by atoms with Crippen LogP contribution in [0.1, 0.15) is 61.5 Å². The molecule has 1 aromatic rings. The van der Waals surface area contributed by atoms with Gasteiger partial charge in [-0.05, 0) is 79.9 Å². The highest BCUT2D eigenvalue weighted by molar-refractivity contribution is 5.82. The molecule has 0 aliphatic heterocycles. The Bertz CT molecular complexity index is 834. The van der Waals surface area contributed by atoms with Crippen molar-refractivity contribution in [1.29, 1.82) is 0 Å². The molecule has 1 aromatic heterocycles. The molecule has 0 bridgehead atoms. The van der Waals surface area contributed by atoms with Gasteiger partial charge in [-0.15, -0.1) is 0 Å². The number of rotatable bonds is 2. The van der Waals surface area contributed by atoms with Crippen LogP contribution < -0.4 is 0 Å². The van der Waals surface area contributed by atoms with Gasteiger partial charge in [0.25, 0.3) is 0 Å². The monoisotopic (exact) mass is 317 g/mol. The number of hydrogen-bond acceptors (Lipinski definition) is 2. The van der Waals surface area contributed by atoms with E-state index in [0.29, 0.717) is 5.76 Å². The van der Waals surface area contributed by atoms with E-state index in [0.717, 1.165) is 49.9 Å². The van der Waals surface area contributed by atoms with Crippen LogP contribution in [0, 0.1) is 0 Å². The third-order valence-corrected chi connectivity index (χ3v) is 5.09. The fourth-order valence-corrected chi connectivity index (χ4v) is 3.68. The molecule has 24 heavy (non-hydrogen) atoms. The first-order chi connectivity index (χ1) is 11.7. The number of aliphatic hydroxyl groups excluding tert-OH is 1. The zero-order chi connectivity index (χ0) is 16.5. The van der Waals surface area contributed by atoms with E-state index in [1.54, 1.807) is 0 Å². The topological polar surface area (TPSA) is 33.1 Å². The summed E-state index contributed by atoms with van der Waals surface area (Å²) in [5.74, 6) is 0.336. The number of aliphatic hydroxyl groups is 1. The van der Waals surface area contributed by atoms with Crippen molar-refractivity contribution in [2.24, 2.45) is 0 Å². The van der Waals surface area contributed by atoms with Gasteiger partial charge in [-0.25, -0.2) is 4.98 Å². The maximum Gasteiger partial charge on any atom is 0.137 e. The molecule has 1 heterocycles. The molecule has 0 amide bonds. The smallest absolute Gasteiger partial charge is 0.137 e. The van der Waals surface area contributed by atoms with Crippen molar-refractivity contribution >= 4 is 16.9 Å². The van der Waals surface area contributed by atoms with Crippen LogP contribution in [-0.2, 0) is 6.42 Å². The highest BCUT2D eigenvalue weighted by atomic mass is 16.3.